The SMILES string of the molecule is OCCCc1cn(Cc2ccc(F)c3cccnc23)nn1. The molecule has 0 unspecified atom stereocenters. The lowest BCUT2D eigenvalue weighted by Gasteiger charge is -2.06. The van der Waals surface area contributed by atoms with Crippen LogP contribution in [0, 0.1) is 5.82 Å². The van der Waals surface area contributed by atoms with E-state index >= 15 is 0 Å². The number of aryl methyl sites for hydroxylation is 1. The van der Waals surface area contributed by atoms with Crippen molar-refractivity contribution < 1.29 is 9.50 Å². The normalized spacial score (nSPS) is 11.1. The Morgan fingerprint density at radius 1 is 1.24 bits per heavy atom. The average Bonchev–Trinajstić information content (AvgIpc) is 2.96. The molecule has 0 fully saturated rings. The predicted molar refractivity (Wildman–Crippen MR) is 76.2 cm³/mol. The van der Waals surface area contributed by atoms with Crippen molar-refractivity contribution in [3.63, 3.8) is 0 Å². The molecule has 0 spiro atoms. The van der Waals surface area contributed by atoms with Gasteiger partial charge in [0.15, 0.2) is 0 Å². The van der Waals surface area contributed by atoms with Crippen molar-refractivity contribution in [2.75, 3.05) is 6.61 Å². The van der Waals surface area contributed by atoms with Gasteiger partial charge in [-0.1, -0.05) is 11.3 Å². The molecule has 21 heavy (non-hydrogen) atoms. The first-order chi connectivity index (χ1) is 10.3. The van der Waals surface area contributed by atoms with Gasteiger partial charge in [0.05, 0.1) is 17.8 Å². The fourth-order valence-corrected chi connectivity index (χ4v) is 2.29. The molecule has 0 atom stereocenters. The van der Waals surface area contributed by atoms with Gasteiger partial charge in [0.25, 0.3) is 0 Å². The Morgan fingerprint density at radius 3 is 3.00 bits per heavy atom. The lowest BCUT2D eigenvalue weighted by atomic mass is 10.1. The quantitative estimate of drug-likeness (QED) is 0.778. The van der Waals surface area contributed by atoms with E-state index in [4.69, 9.17) is 5.11 Å². The molecule has 2 aromatic heterocycles. The van der Waals surface area contributed by atoms with Gasteiger partial charge in [-0.15, -0.1) is 5.10 Å². The number of pyridine rings is 1. The molecule has 1 aromatic carbocycles. The van der Waals surface area contributed by atoms with Gasteiger partial charge in [-0.2, -0.15) is 0 Å². The van der Waals surface area contributed by atoms with E-state index in [1.54, 1.807) is 29.1 Å². The van der Waals surface area contributed by atoms with Crippen molar-refractivity contribution in [1.29, 1.82) is 0 Å². The van der Waals surface area contributed by atoms with Gasteiger partial charge in [0.2, 0.25) is 0 Å². The molecule has 2 heterocycles. The first-order valence-electron chi connectivity index (χ1n) is 6.80. The highest BCUT2D eigenvalue weighted by molar-refractivity contribution is 5.82. The van der Waals surface area contributed by atoms with Crippen LogP contribution in [0.3, 0.4) is 0 Å². The summed E-state index contributed by atoms with van der Waals surface area (Å²) in [7, 11) is 0. The molecule has 0 aliphatic heterocycles. The first kappa shape index (κ1) is 13.6. The number of aromatic nitrogens is 4. The lowest BCUT2D eigenvalue weighted by Crippen LogP contribution is -2.02. The Kier molecular flexibility index (Phi) is 3.87. The third-order valence-corrected chi connectivity index (χ3v) is 3.31. The Balaban J connectivity index is 1.88. The van der Waals surface area contributed by atoms with Gasteiger partial charge in [-0.05, 0) is 31.0 Å². The third-order valence-electron chi connectivity index (χ3n) is 3.31. The second-order valence-electron chi connectivity index (χ2n) is 4.84. The second kappa shape index (κ2) is 5.97. The Hall–Kier alpha value is -2.34. The minimum Gasteiger partial charge on any atom is -0.396 e. The maximum atomic E-state index is 13.8. The highest BCUT2D eigenvalue weighted by atomic mass is 19.1. The fourth-order valence-electron chi connectivity index (χ4n) is 2.29. The van der Waals surface area contributed by atoms with Crippen molar-refractivity contribution in [3.05, 3.63) is 53.7 Å². The standard InChI is InChI=1S/C15H15FN4O/c16-14-6-5-11(15-13(14)4-1-7-17-15)9-20-10-12(18-19-20)3-2-8-21/h1,4-7,10,21H,2-3,8-9H2. The number of hydrogen-bond donors (Lipinski definition) is 1. The number of rotatable bonds is 5. The largest absolute Gasteiger partial charge is 0.396 e. The molecular weight excluding hydrogens is 271 g/mol. The molecule has 1 N–H and O–H groups in total. The summed E-state index contributed by atoms with van der Waals surface area (Å²) in [5.41, 5.74) is 2.37. The van der Waals surface area contributed by atoms with Gasteiger partial charge >= 0.3 is 0 Å². The van der Waals surface area contributed by atoms with Gasteiger partial charge < -0.3 is 5.11 Å². The van der Waals surface area contributed by atoms with Crippen molar-refractivity contribution in [3.8, 4) is 0 Å². The van der Waals surface area contributed by atoms with Crippen LogP contribution in [0.1, 0.15) is 17.7 Å². The molecule has 5 nitrogen and oxygen atoms in total. The molecular formula is C15H15FN4O. The number of nitrogens with zero attached hydrogens (tertiary/aromatic N) is 4. The second-order valence-corrected chi connectivity index (χ2v) is 4.84. The van der Waals surface area contributed by atoms with Crippen LogP contribution in [0.4, 0.5) is 4.39 Å². The minimum atomic E-state index is -0.274. The Bertz CT molecular complexity index is 756. The maximum Gasteiger partial charge on any atom is 0.132 e. The lowest BCUT2D eigenvalue weighted by molar-refractivity contribution is 0.288. The number of hydrogen-bond acceptors (Lipinski definition) is 4. The third kappa shape index (κ3) is 2.90. The Labute approximate surface area is 121 Å². The van der Waals surface area contributed by atoms with E-state index in [1.807, 2.05) is 6.20 Å². The molecule has 6 heteroatoms. The van der Waals surface area contributed by atoms with Crippen LogP contribution in [0.25, 0.3) is 10.9 Å². The Morgan fingerprint density at radius 2 is 2.14 bits per heavy atom. The maximum absolute atomic E-state index is 13.8. The number of aliphatic hydroxyl groups is 1. The van der Waals surface area contributed by atoms with Crippen molar-refractivity contribution >= 4 is 10.9 Å². The molecule has 0 saturated carbocycles. The van der Waals surface area contributed by atoms with E-state index in [-0.39, 0.29) is 12.4 Å². The summed E-state index contributed by atoms with van der Waals surface area (Å²) in [6.45, 7) is 0.624. The first-order valence-corrected chi connectivity index (χ1v) is 6.80. The summed E-state index contributed by atoms with van der Waals surface area (Å²) in [5.74, 6) is -0.274. The van der Waals surface area contributed by atoms with Crippen LogP contribution < -0.4 is 0 Å². The molecule has 0 aliphatic rings. The number of halogens is 1. The van der Waals surface area contributed by atoms with E-state index in [2.05, 4.69) is 15.3 Å². The summed E-state index contributed by atoms with van der Waals surface area (Å²) < 4.78 is 15.5. The van der Waals surface area contributed by atoms with E-state index in [9.17, 15) is 4.39 Å². The molecule has 3 aromatic rings. The van der Waals surface area contributed by atoms with Gasteiger partial charge in [0.1, 0.15) is 5.82 Å². The molecule has 0 amide bonds. The minimum absolute atomic E-state index is 0.138. The molecule has 3 rings (SSSR count). The molecule has 0 radical (unpaired) electrons. The number of aliphatic hydroxyl groups excluding tert-OH is 1. The highest BCUT2D eigenvalue weighted by Gasteiger charge is 2.08. The molecule has 0 aliphatic carbocycles. The number of benzene rings is 1. The summed E-state index contributed by atoms with van der Waals surface area (Å²) in [6, 6.07) is 6.61. The van der Waals surface area contributed by atoms with Crippen LogP contribution in [0.15, 0.2) is 36.7 Å². The summed E-state index contributed by atoms with van der Waals surface area (Å²) in [6.07, 6.45) is 4.85. The topological polar surface area (TPSA) is 63.8 Å². The van der Waals surface area contributed by atoms with E-state index in [0.29, 0.717) is 30.3 Å². The zero-order valence-electron chi connectivity index (χ0n) is 11.4. The zero-order chi connectivity index (χ0) is 14.7. The summed E-state index contributed by atoms with van der Waals surface area (Å²) >= 11 is 0. The van der Waals surface area contributed by atoms with Crippen LogP contribution in [-0.4, -0.2) is 31.7 Å². The van der Waals surface area contributed by atoms with Gasteiger partial charge in [-0.25, -0.2) is 9.07 Å². The monoisotopic (exact) mass is 286 g/mol. The number of fused-ring (bicyclic) bond motifs is 1. The zero-order valence-corrected chi connectivity index (χ0v) is 11.4. The molecule has 108 valence electrons. The van der Waals surface area contributed by atoms with E-state index in [1.165, 1.54) is 6.07 Å². The van der Waals surface area contributed by atoms with Crippen molar-refractivity contribution in [2.45, 2.75) is 19.4 Å². The smallest absolute Gasteiger partial charge is 0.132 e. The highest BCUT2D eigenvalue weighted by Crippen LogP contribution is 2.20. The summed E-state index contributed by atoms with van der Waals surface area (Å²) in [5, 5.41) is 17.4. The van der Waals surface area contributed by atoms with Crippen molar-refractivity contribution in [1.82, 2.24) is 20.0 Å². The molecule has 0 saturated heterocycles. The van der Waals surface area contributed by atoms with Crippen LogP contribution in [-0.2, 0) is 13.0 Å². The van der Waals surface area contributed by atoms with Gasteiger partial charge in [0, 0.05) is 30.0 Å². The average molecular weight is 286 g/mol. The predicted octanol–water partition coefficient (Wildman–Crippen LogP) is 1.94. The molecule has 0 bridgehead atoms. The van der Waals surface area contributed by atoms with E-state index < -0.39 is 0 Å². The van der Waals surface area contributed by atoms with Gasteiger partial charge in [-0.3, -0.25) is 4.98 Å². The van der Waals surface area contributed by atoms with Crippen LogP contribution in [0.2, 0.25) is 0 Å². The van der Waals surface area contributed by atoms with Crippen LogP contribution >= 0.6 is 0 Å². The van der Waals surface area contributed by atoms with E-state index in [0.717, 1.165) is 11.3 Å². The summed E-state index contributed by atoms with van der Waals surface area (Å²) in [4.78, 5) is 4.26. The van der Waals surface area contributed by atoms with Crippen molar-refractivity contribution in [2.24, 2.45) is 0 Å². The fraction of sp³-hybridized carbons (Fsp3) is 0.267. The van der Waals surface area contributed by atoms with Crippen LogP contribution in [0.5, 0.6) is 0 Å².